The second-order valence-electron chi connectivity index (χ2n) is 5.14. The molecule has 3 heteroatoms. The highest BCUT2D eigenvalue weighted by Crippen LogP contribution is 2.32. The van der Waals surface area contributed by atoms with Gasteiger partial charge in [-0.3, -0.25) is 4.98 Å². The van der Waals surface area contributed by atoms with Crippen molar-refractivity contribution in [2.45, 2.75) is 25.4 Å². The summed E-state index contributed by atoms with van der Waals surface area (Å²) in [6, 6.07) is 10.2. The van der Waals surface area contributed by atoms with Crippen LogP contribution in [0.15, 0.2) is 30.3 Å². The number of hydrogen-bond donors (Lipinski definition) is 2. The van der Waals surface area contributed by atoms with Gasteiger partial charge in [0.25, 0.3) is 0 Å². The number of fused-ring (bicyclic) bond motifs is 1. The first-order valence-electron chi connectivity index (χ1n) is 6.48. The molecule has 0 spiro atoms. The van der Waals surface area contributed by atoms with Crippen molar-refractivity contribution in [2.24, 2.45) is 0 Å². The maximum Gasteiger partial charge on any atom is 0.0921 e. The van der Waals surface area contributed by atoms with Crippen molar-refractivity contribution >= 4 is 10.9 Å². The molecule has 0 aliphatic carbocycles. The number of aryl methyl sites for hydroxylation is 1. The van der Waals surface area contributed by atoms with E-state index in [-0.39, 0.29) is 0 Å². The van der Waals surface area contributed by atoms with Gasteiger partial charge in [0.2, 0.25) is 0 Å². The summed E-state index contributed by atoms with van der Waals surface area (Å²) in [5, 5.41) is 15.1. The lowest BCUT2D eigenvalue weighted by Crippen LogP contribution is -2.39. The summed E-state index contributed by atoms with van der Waals surface area (Å²) in [5.41, 5.74) is 2.36. The third-order valence-electron chi connectivity index (χ3n) is 3.80. The van der Waals surface area contributed by atoms with E-state index in [2.05, 4.69) is 22.4 Å². The molecule has 94 valence electrons. The van der Waals surface area contributed by atoms with E-state index >= 15 is 0 Å². The minimum atomic E-state index is -0.676. The van der Waals surface area contributed by atoms with Gasteiger partial charge in [0, 0.05) is 11.1 Å². The van der Waals surface area contributed by atoms with Crippen LogP contribution in [0.4, 0.5) is 0 Å². The topological polar surface area (TPSA) is 45.1 Å². The van der Waals surface area contributed by atoms with Crippen molar-refractivity contribution < 1.29 is 5.11 Å². The largest absolute Gasteiger partial charge is 0.385 e. The molecule has 1 aliphatic heterocycles. The number of rotatable bonds is 1. The van der Waals surface area contributed by atoms with Gasteiger partial charge in [0.05, 0.1) is 11.1 Å². The van der Waals surface area contributed by atoms with Gasteiger partial charge >= 0.3 is 0 Å². The molecule has 1 saturated heterocycles. The zero-order valence-corrected chi connectivity index (χ0v) is 10.6. The summed E-state index contributed by atoms with van der Waals surface area (Å²) in [6.07, 6.45) is 1.55. The lowest BCUT2D eigenvalue weighted by atomic mass is 9.84. The Morgan fingerprint density at radius 1 is 1.17 bits per heavy atom. The number of nitrogens with one attached hydrogen (secondary N) is 1. The van der Waals surface area contributed by atoms with E-state index in [0.29, 0.717) is 0 Å². The van der Waals surface area contributed by atoms with Crippen LogP contribution in [0.1, 0.15) is 24.1 Å². The second kappa shape index (κ2) is 4.34. The van der Waals surface area contributed by atoms with Gasteiger partial charge in [-0.25, -0.2) is 0 Å². The Labute approximate surface area is 107 Å². The maximum absolute atomic E-state index is 10.7. The zero-order valence-electron chi connectivity index (χ0n) is 10.6. The van der Waals surface area contributed by atoms with Crippen LogP contribution in [0.3, 0.4) is 0 Å². The monoisotopic (exact) mass is 242 g/mol. The fourth-order valence-corrected chi connectivity index (χ4v) is 2.65. The second-order valence-corrected chi connectivity index (χ2v) is 5.14. The fraction of sp³-hybridized carbons (Fsp3) is 0.400. The van der Waals surface area contributed by atoms with Crippen LogP contribution in [0.5, 0.6) is 0 Å². The lowest BCUT2D eigenvalue weighted by Gasteiger charge is -2.33. The molecule has 1 aromatic heterocycles. The van der Waals surface area contributed by atoms with Gasteiger partial charge in [-0.2, -0.15) is 0 Å². The molecule has 3 rings (SSSR count). The lowest BCUT2D eigenvalue weighted by molar-refractivity contribution is 0.00606. The Morgan fingerprint density at radius 2 is 1.94 bits per heavy atom. The van der Waals surface area contributed by atoms with E-state index in [9.17, 15) is 5.11 Å². The molecule has 3 nitrogen and oxygen atoms in total. The van der Waals surface area contributed by atoms with Gasteiger partial charge in [-0.05, 0) is 56.6 Å². The summed E-state index contributed by atoms with van der Waals surface area (Å²) >= 11 is 0. The van der Waals surface area contributed by atoms with Crippen molar-refractivity contribution in [1.29, 1.82) is 0 Å². The van der Waals surface area contributed by atoms with Crippen molar-refractivity contribution in [3.05, 3.63) is 41.6 Å². The molecule has 0 saturated carbocycles. The Morgan fingerprint density at radius 3 is 2.72 bits per heavy atom. The summed E-state index contributed by atoms with van der Waals surface area (Å²) in [5.74, 6) is 0. The van der Waals surface area contributed by atoms with E-state index < -0.39 is 5.60 Å². The summed E-state index contributed by atoms with van der Waals surface area (Å²) in [4.78, 5) is 4.49. The van der Waals surface area contributed by atoms with Crippen LogP contribution in [-0.4, -0.2) is 23.2 Å². The molecular weight excluding hydrogens is 224 g/mol. The predicted octanol–water partition coefficient (Wildman–Crippen LogP) is 2.11. The Hall–Kier alpha value is -1.45. The van der Waals surface area contributed by atoms with Crippen LogP contribution in [-0.2, 0) is 5.60 Å². The average Bonchev–Trinajstić information content (AvgIpc) is 2.39. The molecule has 18 heavy (non-hydrogen) atoms. The van der Waals surface area contributed by atoms with E-state index in [1.165, 1.54) is 0 Å². The maximum atomic E-state index is 10.7. The number of pyridine rings is 1. The molecular formula is C15H18N2O. The molecule has 2 heterocycles. The highest BCUT2D eigenvalue weighted by Gasteiger charge is 2.31. The van der Waals surface area contributed by atoms with E-state index in [0.717, 1.165) is 48.1 Å². The number of hydrogen-bond acceptors (Lipinski definition) is 3. The third kappa shape index (κ3) is 2.00. The number of nitrogens with zero attached hydrogens (tertiary/aromatic N) is 1. The summed E-state index contributed by atoms with van der Waals surface area (Å²) in [6.45, 7) is 3.75. The number of piperidine rings is 1. The third-order valence-corrected chi connectivity index (χ3v) is 3.80. The predicted molar refractivity (Wildman–Crippen MR) is 72.5 cm³/mol. The van der Waals surface area contributed by atoms with Crippen LogP contribution >= 0.6 is 0 Å². The van der Waals surface area contributed by atoms with Crippen LogP contribution in [0.2, 0.25) is 0 Å². The molecule has 0 bridgehead atoms. The first-order chi connectivity index (χ1) is 8.67. The molecule has 0 radical (unpaired) electrons. The minimum absolute atomic E-state index is 0.676. The van der Waals surface area contributed by atoms with Crippen molar-refractivity contribution in [3.8, 4) is 0 Å². The number of aromatic nitrogens is 1. The van der Waals surface area contributed by atoms with Crippen molar-refractivity contribution in [1.82, 2.24) is 10.3 Å². The molecule has 1 aromatic carbocycles. The summed E-state index contributed by atoms with van der Waals surface area (Å²) < 4.78 is 0. The molecule has 0 atom stereocenters. The zero-order chi connectivity index (χ0) is 12.6. The molecule has 1 fully saturated rings. The average molecular weight is 242 g/mol. The van der Waals surface area contributed by atoms with E-state index in [1.807, 2.05) is 25.1 Å². The van der Waals surface area contributed by atoms with Gasteiger partial charge in [-0.1, -0.05) is 12.1 Å². The quantitative estimate of drug-likeness (QED) is 0.805. The first kappa shape index (κ1) is 11.6. The van der Waals surface area contributed by atoms with Crippen LogP contribution in [0.25, 0.3) is 10.9 Å². The number of aliphatic hydroxyl groups is 1. The highest BCUT2D eigenvalue weighted by molar-refractivity contribution is 5.79. The smallest absolute Gasteiger partial charge is 0.0921 e. The normalized spacial score (nSPS) is 19.0. The first-order valence-corrected chi connectivity index (χ1v) is 6.48. The Balaban J connectivity index is 2.05. The summed E-state index contributed by atoms with van der Waals surface area (Å²) in [7, 11) is 0. The van der Waals surface area contributed by atoms with Gasteiger partial charge in [0.15, 0.2) is 0 Å². The standard InChI is InChI=1S/C15H18N2O/c1-11-2-3-12-10-13(4-5-14(12)17-11)15(18)6-8-16-9-7-15/h2-5,10,16,18H,6-9H2,1H3. The fourth-order valence-electron chi connectivity index (χ4n) is 2.65. The van der Waals surface area contributed by atoms with Gasteiger partial charge < -0.3 is 10.4 Å². The number of benzene rings is 1. The molecule has 0 unspecified atom stereocenters. The minimum Gasteiger partial charge on any atom is -0.385 e. The van der Waals surface area contributed by atoms with Crippen molar-refractivity contribution in [2.75, 3.05) is 13.1 Å². The molecule has 0 amide bonds. The molecule has 2 aromatic rings. The van der Waals surface area contributed by atoms with Crippen molar-refractivity contribution in [3.63, 3.8) is 0 Å². The van der Waals surface area contributed by atoms with Crippen LogP contribution in [0, 0.1) is 6.92 Å². The highest BCUT2D eigenvalue weighted by atomic mass is 16.3. The SMILES string of the molecule is Cc1ccc2cc(C3(O)CCNCC3)ccc2n1. The van der Waals surface area contributed by atoms with Gasteiger partial charge in [-0.15, -0.1) is 0 Å². The molecule has 1 aliphatic rings. The Kier molecular flexibility index (Phi) is 2.80. The van der Waals surface area contributed by atoms with Gasteiger partial charge in [0.1, 0.15) is 0 Å². The van der Waals surface area contributed by atoms with E-state index in [1.54, 1.807) is 0 Å². The Bertz CT molecular complexity index is 574. The molecule has 2 N–H and O–H groups in total. The van der Waals surface area contributed by atoms with Crippen LogP contribution < -0.4 is 5.32 Å². The van der Waals surface area contributed by atoms with E-state index in [4.69, 9.17) is 0 Å².